The quantitative estimate of drug-likeness (QED) is 0.868. The molecule has 0 unspecified atom stereocenters. The van der Waals surface area contributed by atoms with Gasteiger partial charge in [0.15, 0.2) is 0 Å². The van der Waals surface area contributed by atoms with E-state index in [0.29, 0.717) is 0 Å². The number of aliphatic hydroxyl groups is 1. The van der Waals surface area contributed by atoms with Crippen molar-refractivity contribution in [3.8, 4) is 0 Å². The first-order valence-electron chi connectivity index (χ1n) is 6.30. The van der Waals surface area contributed by atoms with Gasteiger partial charge in [-0.05, 0) is 26.8 Å². The summed E-state index contributed by atoms with van der Waals surface area (Å²) in [6.07, 6.45) is 1.87. The van der Waals surface area contributed by atoms with Crippen LogP contribution >= 0.6 is 11.3 Å². The van der Waals surface area contributed by atoms with Gasteiger partial charge < -0.3 is 9.84 Å². The van der Waals surface area contributed by atoms with Crippen molar-refractivity contribution in [3.63, 3.8) is 0 Å². The van der Waals surface area contributed by atoms with Crippen molar-refractivity contribution in [2.45, 2.75) is 26.3 Å². The van der Waals surface area contributed by atoms with E-state index in [1.807, 2.05) is 6.92 Å². The molecule has 0 aliphatic carbocycles. The van der Waals surface area contributed by atoms with Crippen LogP contribution in [0.2, 0.25) is 0 Å². The number of aliphatic hydroxyl groups excluding tert-OH is 1. The van der Waals surface area contributed by atoms with Crippen molar-refractivity contribution in [1.82, 2.24) is 15.1 Å². The summed E-state index contributed by atoms with van der Waals surface area (Å²) < 4.78 is 5.38. The van der Waals surface area contributed by atoms with Crippen LogP contribution in [0.15, 0.2) is 0 Å². The van der Waals surface area contributed by atoms with E-state index in [9.17, 15) is 5.11 Å². The minimum atomic E-state index is -0.00721. The average Bonchev–Trinajstić information content (AvgIpc) is 2.75. The fourth-order valence-corrected chi connectivity index (χ4v) is 3.22. The highest BCUT2D eigenvalue weighted by molar-refractivity contribution is 7.11. The van der Waals surface area contributed by atoms with Crippen molar-refractivity contribution < 1.29 is 9.84 Å². The molecule has 2 rings (SSSR count). The van der Waals surface area contributed by atoms with E-state index in [0.717, 1.165) is 49.2 Å². The molecule has 1 aliphatic heterocycles. The zero-order valence-corrected chi connectivity index (χ0v) is 11.9. The molecule has 18 heavy (non-hydrogen) atoms. The lowest BCUT2D eigenvalue weighted by Gasteiger charge is -2.38. The maximum absolute atomic E-state index is 9.65. The van der Waals surface area contributed by atoms with E-state index in [2.05, 4.69) is 22.1 Å². The molecule has 0 saturated carbocycles. The van der Waals surface area contributed by atoms with Gasteiger partial charge in [0, 0.05) is 25.2 Å². The molecule has 0 radical (unpaired) electrons. The molecule has 2 heterocycles. The zero-order chi connectivity index (χ0) is 13.0. The Labute approximate surface area is 112 Å². The first-order valence-corrected chi connectivity index (χ1v) is 7.11. The monoisotopic (exact) mass is 271 g/mol. The van der Waals surface area contributed by atoms with Crippen molar-refractivity contribution in [2.75, 3.05) is 33.4 Å². The van der Waals surface area contributed by atoms with Crippen molar-refractivity contribution in [2.24, 2.45) is 5.41 Å². The first kappa shape index (κ1) is 13.9. The van der Waals surface area contributed by atoms with Crippen molar-refractivity contribution in [3.05, 3.63) is 10.0 Å². The largest absolute Gasteiger partial charge is 0.396 e. The lowest BCUT2D eigenvalue weighted by atomic mass is 9.80. The molecule has 102 valence electrons. The summed E-state index contributed by atoms with van der Waals surface area (Å²) in [7, 11) is 2.07. The summed E-state index contributed by atoms with van der Waals surface area (Å²) in [6, 6.07) is 0. The van der Waals surface area contributed by atoms with Gasteiger partial charge in [-0.15, -0.1) is 21.5 Å². The van der Waals surface area contributed by atoms with Crippen LogP contribution in [-0.4, -0.2) is 53.6 Å². The zero-order valence-electron chi connectivity index (χ0n) is 11.1. The molecule has 0 aromatic carbocycles. The number of hydrogen-bond donors (Lipinski definition) is 1. The summed E-state index contributed by atoms with van der Waals surface area (Å²) in [4.78, 5) is 2.22. The van der Waals surface area contributed by atoms with Crippen LogP contribution in [0.25, 0.3) is 0 Å². The van der Waals surface area contributed by atoms with Gasteiger partial charge in [-0.3, -0.25) is 4.90 Å². The molecular formula is C12H21N3O2S. The molecule has 0 spiro atoms. The summed E-state index contributed by atoms with van der Waals surface area (Å²) >= 11 is 1.63. The third kappa shape index (κ3) is 3.47. The van der Waals surface area contributed by atoms with Gasteiger partial charge in [0.05, 0.1) is 13.2 Å². The van der Waals surface area contributed by atoms with Crippen LogP contribution in [0.4, 0.5) is 0 Å². The van der Waals surface area contributed by atoms with Gasteiger partial charge in [-0.1, -0.05) is 0 Å². The fraction of sp³-hybridized carbons (Fsp3) is 0.833. The van der Waals surface area contributed by atoms with Crippen LogP contribution < -0.4 is 0 Å². The second kappa shape index (κ2) is 6.06. The number of rotatable bonds is 5. The summed E-state index contributed by atoms with van der Waals surface area (Å²) in [6.45, 7) is 5.39. The average molecular weight is 271 g/mol. The highest BCUT2D eigenvalue weighted by atomic mass is 32.1. The van der Waals surface area contributed by atoms with Gasteiger partial charge >= 0.3 is 0 Å². The smallest absolute Gasteiger partial charge is 0.131 e. The van der Waals surface area contributed by atoms with Crippen molar-refractivity contribution >= 4 is 11.3 Å². The van der Waals surface area contributed by atoms with Crippen LogP contribution in [0.3, 0.4) is 0 Å². The third-order valence-corrected chi connectivity index (χ3v) is 4.29. The molecule has 1 aliphatic rings. The predicted octanol–water partition coefficient (Wildman–Crippen LogP) is 1.07. The Morgan fingerprint density at radius 1 is 1.39 bits per heavy atom. The normalized spacial score (nSPS) is 19.3. The molecule has 1 saturated heterocycles. The number of aryl methyl sites for hydroxylation is 1. The minimum absolute atomic E-state index is 0.00721. The molecule has 0 bridgehead atoms. The topological polar surface area (TPSA) is 58.5 Å². The number of nitrogens with zero attached hydrogens (tertiary/aromatic N) is 3. The molecule has 0 amide bonds. The van der Waals surface area contributed by atoms with Gasteiger partial charge in [-0.25, -0.2) is 0 Å². The molecule has 0 atom stereocenters. The van der Waals surface area contributed by atoms with Crippen molar-refractivity contribution in [1.29, 1.82) is 0 Å². The van der Waals surface area contributed by atoms with Gasteiger partial charge in [0.2, 0.25) is 0 Å². The summed E-state index contributed by atoms with van der Waals surface area (Å²) in [5.74, 6) is 0. The Morgan fingerprint density at radius 2 is 2.11 bits per heavy atom. The summed E-state index contributed by atoms with van der Waals surface area (Å²) in [5, 5.41) is 19.9. The molecule has 1 aromatic heterocycles. The first-order chi connectivity index (χ1) is 8.63. The molecule has 1 fully saturated rings. The van der Waals surface area contributed by atoms with E-state index in [-0.39, 0.29) is 12.0 Å². The summed E-state index contributed by atoms with van der Waals surface area (Å²) in [5.41, 5.74) is -0.00721. The van der Waals surface area contributed by atoms with Crippen LogP contribution in [0, 0.1) is 12.3 Å². The minimum Gasteiger partial charge on any atom is -0.396 e. The molecule has 5 nitrogen and oxygen atoms in total. The highest BCUT2D eigenvalue weighted by Gasteiger charge is 2.33. The van der Waals surface area contributed by atoms with E-state index < -0.39 is 0 Å². The number of ether oxygens (including phenoxy) is 1. The maximum Gasteiger partial charge on any atom is 0.131 e. The van der Waals surface area contributed by atoms with E-state index >= 15 is 0 Å². The lowest BCUT2D eigenvalue weighted by molar-refractivity contribution is -0.0318. The second-order valence-electron chi connectivity index (χ2n) is 5.16. The Bertz CT molecular complexity index is 377. The van der Waals surface area contributed by atoms with Crippen LogP contribution in [0.1, 0.15) is 22.9 Å². The lowest BCUT2D eigenvalue weighted by Crippen LogP contribution is -2.42. The molecule has 1 aromatic rings. The second-order valence-corrected chi connectivity index (χ2v) is 6.42. The Hall–Kier alpha value is -0.560. The SMILES string of the molecule is Cc1nnc(CN(C)CC2(CO)CCOCC2)s1. The van der Waals surface area contributed by atoms with Gasteiger partial charge in [0.25, 0.3) is 0 Å². The van der Waals surface area contributed by atoms with Crippen LogP contribution in [0.5, 0.6) is 0 Å². The highest BCUT2D eigenvalue weighted by Crippen LogP contribution is 2.31. The molecule has 1 N–H and O–H groups in total. The standard InChI is InChI=1S/C12H21N3O2S/c1-10-13-14-11(18-10)7-15(2)8-12(9-16)3-5-17-6-4-12/h16H,3-9H2,1-2H3. The fourth-order valence-electron chi connectivity index (χ4n) is 2.43. The van der Waals surface area contributed by atoms with E-state index in [1.54, 1.807) is 11.3 Å². The molecule has 6 heteroatoms. The number of aromatic nitrogens is 2. The van der Waals surface area contributed by atoms with E-state index in [1.165, 1.54) is 0 Å². The van der Waals surface area contributed by atoms with E-state index in [4.69, 9.17) is 4.74 Å². The Morgan fingerprint density at radius 3 is 2.67 bits per heavy atom. The van der Waals surface area contributed by atoms with Crippen LogP contribution in [-0.2, 0) is 11.3 Å². The van der Waals surface area contributed by atoms with Gasteiger partial charge in [0.1, 0.15) is 10.0 Å². The molecular weight excluding hydrogens is 250 g/mol. The number of hydrogen-bond acceptors (Lipinski definition) is 6. The third-order valence-electron chi connectivity index (χ3n) is 3.47. The Kier molecular flexibility index (Phi) is 4.66. The van der Waals surface area contributed by atoms with Gasteiger partial charge in [-0.2, -0.15) is 0 Å². The predicted molar refractivity (Wildman–Crippen MR) is 70.6 cm³/mol. The maximum atomic E-state index is 9.65. The Balaban J connectivity index is 1.90.